The first-order valence-corrected chi connectivity index (χ1v) is 7.06. The van der Waals surface area contributed by atoms with Gasteiger partial charge in [0, 0.05) is 12.6 Å². The van der Waals surface area contributed by atoms with Crippen molar-refractivity contribution in [2.75, 3.05) is 6.54 Å². The average Bonchev–Trinajstić information content (AvgIpc) is 2.24. The molecule has 2 unspecified atom stereocenters. The van der Waals surface area contributed by atoms with E-state index in [0.717, 1.165) is 31.2 Å². The fourth-order valence-electron chi connectivity index (χ4n) is 3.29. The summed E-state index contributed by atoms with van der Waals surface area (Å²) in [5, 5.41) is 13.7. The van der Waals surface area contributed by atoms with Gasteiger partial charge in [-0.15, -0.1) is 0 Å². The van der Waals surface area contributed by atoms with Crippen molar-refractivity contribution in [3.8, 4) is 0 Å². The van der Waals surface area contributed by atoms with E-state index in [4.69, 9.17) is 0 Å². The molecule has 0 spiro atoms. The van der Waals surface area contributed by atoms with Crippen LogP contribution in [0.15, 0.2) is 0 Å². The number of aliphatic hydroxyl groups is 1. The molecule has 0 amide bonds. The second-order valence-electron chi connectivity index (χ2n) is 6.26. The molecular formula is C14H27NO. The summed E-state index contributed by atoms with van der Waals surface area (Å²) in [4.78, 5) is 0. The van der Waals surface area contributed by atoms with Gasteiger partial charge in [0.15, 0.2) is 0 Å². The highest BCUT2D eigenvalue weighted by Gasteiger charge is 2.36. The third-order valence-corrected chi connectivity index (χ3v) is 4.65. The Morgan fingerprint density at radius 3 is 2.44 bits per heavy atom. The van der Waals surface area contributed by atoms with E-state index in [1.165, 1.54) is 32.1 Å². The lowest BCUT2D eigenvalue weighted by atomic mass is 9.76. The zero-order chi connectivity index (χ0) is 11.6. The Kier molecular flexibility index (Phi) is 3.91. The molecule has 2 rings (SSSR count). The highest BCUT2D eigenvalue weighted by molar-refractivity contribution is 4.92. The van der Waals surface area contributed by atoms with Gasteiger partial charge in [0.25, 0.3) is 0 Å². The molecule has 0 aromatic rings. The normalized spacial score (nSPS) is 33.8. The molecule has 2 saturated carbocycles. The van der Waals surface area contributed by atoms with Crippen LogP contribution in [0.25, 0.3) is 0 Å². The minimum Gasteiger partial charge on any atom is -0.389 e. The minimum atomic E-state index is -0.362. The van der Waals surface area contributed by atoms with Crippen molar-refractivity contribution in [3.05, 3.63) is 0 Å². The predicted molar refractivity (Wildman–Crippen MR) is 67.4 cm³/mol. The van der Waals surface area contributed by atoms with E-state index in [1.807, 2.05) is 0 Å². The second kappa shape index (κ2) is 5.05. The fourth-order valence-corrected chi connectivity index (χ4v) is 3.29. The molecule has 0 saturated heterocycles. The van der Waals surface area contributed by atoms with Gasteiger partial charge < -0.3 is 10.4 Å². The Balaban J connectivity index is 1.81. The molecule has 0 bridgehead atoms. The van der Waals surface area contributed by atoms with Crippen LogP contribution >= 0.6 is 0 Å². The van der Waals surface area contributed by atoms with Crippen molar-refractivity contribution in [2.45, 2.75) is 70.4 Å². The molecule has 0 heterocycles. The van der Waals surface area contributed by atoms with Gasteiger partial charge in [-0.05, 0) is 43.9 Å². The maximum atomic E-state index is 10.1. The zero-order valence-electron chi connectivity index (χ0n) is 10.8. The SMILES string of the molecule is CC(C)C1CCCCC1NCC1(O)CCC1. The third-order valence-electron chi connectivity index (χ3n) is 4.65. The first-order valence-electron chi connectivity index (χ1n) is 7.06. The van der Waals surface area contributed by atoms with Crippen LogP contribution in [-0.4, -0.2) is 23.3 Å². The molecule has 2 aliphatic carbocycles. The topological polar surface area (TPSA) is 32.3 Å². The van der Waals surface area contributed by atoms with Gasteiger partial charge in [-0.25, -0.2) is 0 Å². The molecule has 2 heteroatoms. The van der Waals surface area contributed by atoms with E-state index >= 15 is 0 Å². The third kappa shape index (κ3) is 2.78. The van der Waals surface area contributed by atoms with Crippen LogP contribution < -0.4 is 5.32 Å². The maximum Gasteiger partial charge on any atom is 0.0771 e. The molecule has 0 radical (unpaired) electrons. The van der Waals surface area contributed by atoms with E-state index in [2.05, 4.69) is 19.2 Å². The summed E-state index contributed by atoms with van der Waals surface area (Å²) in [5.41, 5.74) is -0.362. The molecule has 2 fully saturated rings. The minimum absolute atomic E-state index is 0.362. The Morgan fingerprint density at radius 1 is 1.19 bits per heavy atom. The van der Waals surface area contributed by atoms with E-state index in [1.54, 1.807) is 0 Å². The molecule has 2 N–H and O–H groups in total. The van der Waals surface area contributed by atoms with Crippen molar-refractivity contribution in [3.63, 3.8) is 0 Å². The van der Waals surface area contributed by atoms with Gasteiger partial charge >= 0.3 is 0 Å². The quantitative estimate of drug-likeness (QED) is 0.771. The summed E-state index contributed by atoms with van der Waals surface area (Å²) in [5.74, 6) is 1.59. The summed E-state index contributed by atoms with van der Waals surface area (Å²) in [6.45, 7) is 5.49. The van der Waals surface area contributed by atoms with E-state index < -0.39 is 0 Å². The highest BCUT2D eigenvalue weighted by Crippen LogP contribution is 2.33. The van der Waals surface area contributed by atoms with Crippen molar-refractivity contribution < 1.29 is 5.11 Å². The van der Waals surface area contributed by atoms with Gasteiger partial charge in [0.1, 0.15) is 0 Å². The van der Waals surface area contributed by atoms with E-state index in [-0.39, 0.29) is 5.60 Å². The molecule has 2 nitrogen and oxygen atoms in total. The maximum absolute atomic E-state index is 10.1. The summed E-state index contributed by atoms with van der Waals surface area (Å²) in [7, 11) is 0. The number of hydrogen-bond acceptors (Lipinski definition) is 2. The molecule has 0 aromatic carbocycles. The monoisotopic (exact) mass is 225 g/mol. The molecule has 0 aromatic heterocycles. The lowest BCUT2D eigenvalue weighted by Gasteiger charge is -2.41. The van der Waals surface area contributed by atoms with Gasteiger partial charge in [-0.3, -0.25) is 0 Å². The van der Waals surface area contributed by atoms with Crippen LogP contribution in [0.1, 0.15) is 58.8 Å². The molecule has 0 aliphatic heterocycles. The Labute approximate surface area is 99.8 Å². The zero-order valence-corrected chi connectivity index (χ0v) is 10.8. The van der Waals surface area contributed by atoms with Crippen molar-refractivity contribution in [1.82, 2.24) is 5.32 Å². The first-order chi connectivity index (χ1) is 7.61. The smallest absolute Gasteiger partial charge is 0.0771 e. The van der Waals surface area contributed by atoms with Crippen LogP contribution in [0.5, 0.6) is 0 Å². The van der Waals surface area contributed by atoms with Gasteiger partial charge in [0.05, 0.1) is 5.60 Å². The second-order valence-corrected chi connectivity index (χ2v) is 6.26. The van der Waals surface area contributed by atoms with Crippen LogP contribution in [0.2, 0.25) is 0 Å². The molecular weight excluding hydrogens is 198 g/mol. The molecule has 16 heavy (non-hydrogen) atoms. The van der Waals surface area contributed by atoms with Gasteiger partial charge in [-0.2, -0.15) is 0 Å². The van der Waals surface area contributed by atoms with E-state index in [9.17, 15) is 5.11 Å². The molecule has 2 aliphatic rings. The summed E-state index contributed by atoms with van der Waals surface area (Å²) in [6.07, 6.45) is 8.63. The summed E-state index contributed by atoms with van der Waals surface area (Å²) in [6, 6.07) is 0.651. The standard InChI is InChI=1S/C14H27NO/c1-11(2)12-6-3-4-7-13(12)15-10-14(16)8-5-9-14/h11-13,15-16H,3-10H2,1-2H3. The van der Waals surface area contributed by atoms with Crippen LogP contribution in [0.3, 0.4) is 0 Å². The number of rotatable bonds is 4. The summed E-state index contributed by atoms with van der Waals surface area (Å²) >= 11 is 0. The summed E-state index contributed by atoms with van der Waals surface area (Å²) < 4.78 is 0. The van der Waals surface area contributed by atoms with Crippen LogP contribution in [-0.2, 0) is 0 Å². The lowest BCUT2D eigenvalue weighted by Crippen LogP contribution is -2.51. The predicted octanol–water partition coefficient (Wildman–Crippen LogP) is 2.71. The Bertz CT molecular complexity index is 223. The first kappa shape index (κ1) is 12.4. The Morgan fingerprint density at radius 2 is 1.88 bits per heavy atom. The van der Waals surface area contributed by atoms with Gasteiger partial charge in [0.2, 0.25) is 0 Å². The van der Waals surface area contributed by atoms with Crippen LogP contribution in [0.4, 0.5) is 0 Å². The molecule has 94 valence electrons. The highest BCUT2D eigenvalue weighted by atomic mass is 16.3. The molecule has 2 atom stereocenters. The number of hydrogen-bond donors (Lipinski definition) is 2. The number of nitrogens with one attached hydrogen (secondary N) is 1. The Hall–Kier alpha value is -0.0800. The largest absolute Gasteiger partial charge is 0.389 e. The van der Waals surface area contributed by atoms with Gasteiger partial charge in [-0.1, -0.05) is 26.7 Å². The fraction of sp³-hybridized carbons (Fsp3) is 1.00. The van der Waals surface area contributed by atoms with Crippen molar-refractivity contribution in [1.29, 1.82) is 0 Å². The average molecular weight is 225 g/mol. The van der Waals surface area contributed by atoms with Crippen LogP contribution in [0, 0.1) is 11.8 Å². The van der Waals surface area contributed by atoms with Crippen molar-refractivity contribution in [2.24, 2.45) is 11.8 Å². The lowest BCUT2D eigenvalue weighted by molar-refractivity contribution is -0.0362. The van der Waals surface area contributed by atoms with Crippen molar-refractivity contribution >= 4 is 0 Å². The van der Waals surface area contributed by atoms with E-state index in [0.29, 0.717) is 6.04 Å².